The van der Waals surface area contributed by atoms with Crippen LogP contribution in [0.5, 0.6) is 0 Å². The van der Waals surface area contributed by atoms with Crippen molar-refractivity contribution in [2.24, 2.45) is 5.41 Å². The van der Waals surface area contributed by atoms with Crippen LogP contribution in [-0.2, 0) is 4.79 Å². The monoisotopic (exact) mass is 237 g/mol. The largest absolute Gasteiger partial charge is 0.481 e. The Morgan fingerprint density at radius 3 is 2.65 bits per heavy atom. The van der Waals surface area contributed by atoms with Gasteiger partial charge in [0.15, 0.2) is 0 Å². The molecule has 0 radical (unpaired) electrons. The van der Waals surface area contributed by atoms with E-state index in [2.05, 4.69) is 5.32 Å². The summed E-state index contributed by atoms with van der Waals surface area (Å²) >= 11 is 0. The maximum Gasteiger partial charge on any atom is 0.311 e. The van der Waals surface area contributed by atoms with Crippen molar-refractivity contribution in [3.8, 4) is 0 Å². The number of aliphatic carboxylic acids is 1. The molecule has 1 aliphatic carbocycles. The van der Waals surface area contributed by atoms with Crippen LogP contribution in [0.1, 0.15) is 35.4 Å². The molecular weight excluding hydrogens is 222 g/mol. The summed E-state index contributed by atoms with van der Waals surface area (Å²) in [6, 6.07) is 1.58. The second-order valence-corrected chi connectivity index (χ2v) is 4.51. The van der Waals surface area contributed by atoms with Gasteiger partial charge in [0, 0.05) is 6.54 Å². The fraction of sp³-hybridized carbons (Fsp3) is 0.500. The van der Waals surface area contributed by atoms with E-state index in [1.165, 1.54) is 6.26 Å². The molecule has 0 saturated heterocycles. The summed E-state index contributed by atoms with van der Waals surface area (Å²) in [5, 5.41) is 11.8. The Kier molecular flexibility index (Phi) is 2.92. The molecule has 1 aromatic heterocycles. The summed E-state index contributed by atoms with van der Waals surface area (Å²) in [6.07, 6.45) is 3.62. The van der Waals surface area contributed by atoms with Crippen molar-refractivity contribution < 1.29 is 19.1 Å². The van der Waals surface area contributed by atoms with Gasteiger partial charge >= 0.3 is 5.97 Å². The lowest BCUT2D eigenvalue weighted by atomic mass is 9.69. The summed E-state index contributed by atoms with van der Waals surface area (Å²) in [6.45, 7) is 1.89. The Labute approximate surface area is 98.8 Å². The lowest BCUT2D eigenvalue weighted by Crippen LogP contribution is -2.47. The van der Waals surface area contributed by atoms with Crippen LogP contribution < -0.4 is 5.32 Å². The third kappa shape index (κ3) is 2.05. The molecule has 1 heterocycles. The molecule has 1 fully saturated rings. The molecule has 2 N–H and O–H groups in total. The highest BCUT2D eigenvalue weighted by Gasteiger charge is 2.44. The first-order valence-corrected chi connectivity index (χ1v) is 5.61. The Balaban J connectivity index is 1.97. The predicted molar refractivity (Wildman–Crippen MR) is 59.7 cm³/mol. The van der Waals surface area contributed by atoms with E-state index >= 15 is 0 Å². The maximum atomic E-state index is 11.8. The van der Waals surface area contributed by atoms with E-state index in [0.29, 0.717) is 24.2 Å². The first-order chi connectivity index (χ1) is 8.05. The molecule has 5 heteroatoms. The van der Waals surface area contributed by atoms with Gasteiger partial charge < -0.3 is 14.8 Å². The number of carbonyl (C=O) groups is 2. The molecule has 0 atom stereocenters. The second kappa shape index (κ2) is 4.24. The normalized spacial score (nSPS) is 17.2. The number of aryl methyl sites for hydroxylation is 1. The number of hydrogen-bond donors (Lipinski definition) is 2. The van der Waals surface area contributed by atoms with Gasteiger partial charge in [-0.1, -0.05) is 6.42 Å². The molecule has 0 aliphatic heterocycles. The van der Waals surface area contributed by atoms with Crippen LogP contribution in [0.25, 0.3) is 0 Å². The van der Waals surface area contributed by atoms with Crippen LogP contribution in [0.4, 0.5) is 0 Å². The van der Waals surface area contributed by atoms with Gasteiger partial charge in [0.25, 0.3) is 5.91 Å². The molecule has 5 nitrogen and oxygen atoms in total. The third-order valence-corrected chi connectivity index (χ3v) is 3.46. The fourth-order valence-electron chi connectivity index (χ4n) is 2.04. The minimum absolute atomic E-state index is 0.186. The smallest absolute Gasteiger partial charge is 0.311 e. The number of nitrogens with one attached hydrogen (secondary N) is 1. The van der Waals surface area contributed by atoms with Crippen molar-refractivity contribution in [2.45, 2.75) is 26.2 Å². The summed E-state index contributed by atoms with van der Waals surface area (Å²) in [7, 11) is 0. The Bertz CT molecular complexity index is 445. The minimum atomic E-state index is -0.826. The topological polar surface area (TPSA) is 79.5 Å². The molecule has 0 aromatic carbocycles. The van der Waals surface area contributed by atoms with Gasteiger partial charge in [-0.2, -0.15) is 0 Å². The first-order valence-electron chi connectivity index (χ1n) is 5.61. The van der Waals surface area contributed by atoms with E-state index in [-0.39, 0.29) is 12.5 Å². The minimum Gasteiger partial charge on any atom is -0.481 e. The molecule has 0 unspecified atom stereocenters. The molecule has 1 saturated carbocycles. The molecule has 1 aromatic rings. The molecule has 0 spiro atoms. The van der Waals surface area contributed by atoms with Crippen LogP contribution in [0.15, 0.2) is 16.7 Å². The van der Waals surface area contributed by atoms with Gasteiger partial charge in [-0.05, 0) is 25.8 Å². The maximum absolute atomic E-state index is 11.8. The lowest BCUT2D eigenvalue weighted by molar-refractivity contribution is -0.153. The van der Waals surface area contributed by atoms with Crippen molar-refractivity contribution in [1.82, 2.24) is 5.32 Å². The van der Waals surface area contributed by atoms with E-state index in [4.69, 9.17) is 9.52 Å². The van der Waals surface area contributed by atoms with Crippen LogP contribution >= 0.6 is 0 Å². The van der Waals surface area contributed by atoms with Crippen LogP contribution in [-0.4, -0.2) is 23.5 Å². The van der Waals surface area contributed by atoms with Crippen molar-refractivity contribution in [2.75, 3.05) is 6.54 Å². The van der Waals surface area contributed by atoms with E-state index in [0.717, 1.165) is 6.42 Å². The molecule has 0 bridgehead atoms. The molecule has 17 heavy (non-hydrogen) atoms. The first kappa shape index (κ1) is 11.7. The highest BCUT2D eigenvalue weighted by Crippen LogP contribution is 2.40. The van der Waals surface area contributed by atoms with Crippen molar-refractivity contribution in [1.29, 1.82) is 0 Å². The molecule has 1 aliphatic rings. The van der Waals surface area contributed by atoms with Gasteiger partial charge in [0.2, 0.25) is 0 Å². The number of rotatable bonds is 4. The summed E-state index contributed by atoms with van der Waals surface area (Å²) in [5.41, 5.74) is -0.294. The fourth-order valence-corrected chi connectivity index (χ4v) is 2.04. The highest BCUT2D eigenvalue weighted by atomic mass is 16.4. The number of hydrogen-bond acceptors (Lipinski definition) is 3. The average Bonchev–Trinajstić information content (AvgIpc) is 2.62. The number of amides is 1. The molecule has 1 amide bonds. The van der Waals surface area contributed by atoms with Crippen molar-refractivity contribution in [3.63, 3.8) is 0 Å². The van der Waals surface area contributed by atoms with E-state index < -0.39 is 11.4 Å². The summed E-state index contributed by atoms with van der Waals surface area (Å²) < 4.78 is 5.03. The van der Waals surface area contributed by atoms with Crippen molar-refractivity contribution >= 4 is 11.9 Å². The average molecular weight is 237 g/mol. The SMILES string of the molecule is Cc1occc1C(=O)NCC1(C(=O)O)CCC1. The number of carboxylic acid groups (broad SMARTS) is 1. The molecule has 2 rings (SSSR count). The van der Waals surface area contributed by atoms with E-state index in [9.17, 15) is 9.59 Å². The van der Waals surface area contributed by atoms with Crippen molar-refractivity contribution in [3.05, 3.63) is 23.7 Å². The van der Waals surface area contributed by atoms with Crippen LogP contribution in [0.2, 0.25) is 0 Å². The number of carbonyl (C=O) groups excluding carboxylic acids is 1. The zero-order valence-corrected chi connectivity index (χ0v) is 9.66. The van der Waals surface area contributed by atoms with Crippen LogP contribution in [0, 0.1) is 12.3 Å². The Hall–Kier alpha value is -1.78. The van der Waals surface area contributed by atoms with Gasteiger partial charge in [0.1, 0.15) is 5.76 Å². The number of carboxylic acids is 1. The molecule has 92 valence electrons. The lowest BCUT2D eigenvalue weighted by Gasteiger charge is -2.37. The quantitative estimate of drug-likeness (QED) is 0.833. The van der Waals surface area contributed by atoms with Gasteiger partial charge in [0.05, 0.1) is 17.2 Å². The molecular formula is C12H15NO4. The zero-order chi connectivity index (χ0) is 12.5. The summed E-state index contributed by atoms with van der Waals surface area (Å²) in [5.74, 6) is -0.558. The summed E-state index contributed by atoms with van der Waals surface area (Å²) in [4.78, 5) is 22.9. The van der Waals surface area contributed by atoms with Gasteiger partial charge in [-0.3, -0.25) is 9.59 Å². The van der Waals surface area contributed by atoms with Gasteiger partial charge in [-0.25, -0.2) is 0 Å². The standard InChI is InChI=1S/C12H15NO4/c1-8-9(3-6-17-8)10(14)13-7-12(11(15)16)4-2-5-12/h3,6H,2,4-5,7H2,1H3,(H,13,14)(H,15,16). The Morgan fingerprint density at radius 2 is 2.24 bits per heavy atom. The van der Waals surface area contributed by atoms with Gasteiger partial charge in [-0.15, -0.1) is 0 Å². The highest BCUT2D eigenvalue weighted by molar-refractivity contribution is 5.95. The number of furan rings is 1. The second-order valence-electron chi connectivity index (χ2n) is 4.51. The zero-order valence-electron chi connectivity index (χ0n) is 9.66. The predicted octanol–water partition coefficient (Wildman–Crippen LogP) is 1.57. The van der Waals surface area contributed by atoms with E-state index in [1.54, 1.807) is 13.0 Å². The third-order valence-electron chi connectivity index (χ3n) is 3.46. The van der Waals surface area contributed by atoms with E-state index in [1.807, 2.05) is 0 Å². The van der Waals surface area contributed by atoms with Crippen LogP contribution in [0.3, 0.4) is 0 Å². The Morgan fingerprint density at radius 1 is 1.53 bits per heavy atom.